The van der Waals surface area contributed by atoms with Gasteiger partial charge in [-0.25, -0.2) is 9.07 Å². The molecule has 156 valence electrons. The van der Waals surface area contributed by atoms with Crippen LogP contribution in [0.3, 0.4) is 0 Å². The Hall–Kier alpha value is -2.25. The molecule has 2 saturated heterocycles. The maximum atomic E-state index is 14.0. The summed E-state index contributed by atoms with van der Waals surface area (Å²) in [5.41, 5.74) is 3.26. The summed E-state index contributed by atoms with van der Waals surface area (Å²) in [4.78, 5) is 16.7. The molecule has 1 atom stereocenters. The van der Waals surface area contributed by atoms with Gasteiger partial charge in [-0.1, -0.05) is 0 Å². The van der Waals surface area contributed by atoms with E-state index in [2.05, 4.69) is 10.00 Å². The van der Waals surface area contributed by atoms with E-state index >= 15 is 0 Å². The molecule has 4 rings (SSSR count). The summed E-state index contributed by atoms with van der Waals surface area (Å²) < 4.78 is 15.9. The minimum absolute atomic E-state index is 0.150. The van der Waals surface area contributed by atoms with Crippen LogP contribution in [0.15, 0.2) is 24.3 Å². The zero-order valence-electron chi connectivity index (χ0n) is 17.4. The van der Waals surface area contributed by atoms with E-state index < -0.39 is 11.5 Å². The molecule has 2 aliphatic heterocycles. The van der Waals surface area contributed by atoms with E-state index in [1.165, 1.54) is 6.07 Å². The van der Waals surface area contributed by atoms with Gasteiger partial charge in [-0.05, 0) is 76.0 Å². The molecule has 2 aromatic rings. The molecule has 3 heterocycles. The molecule has 0 bridgehead atoms. The van der Waals surface area contributed by atoms with Gasteiger partial charge in [-0.2, -0.15) is 5.10 Å². The topological polar surface area (TPSA) is 61.6 Å². The van der Waals surface area contributed by atoms with Gasteiger partial charge in [-0.3, -0.25) is 9.69 Å². The highest BCUT2D eigenvalue weighted by Crippen LogP contribution is 2.41. The number of carbonyl (C=O) groups is 1. The Labute approximate surface area is 170 Å². The summed E-state index contributed by atoms with van der Waals surface area (Å²) in [6.45, 7) is 6.46. The van der Waals surface area contributed by atoms with Crippen LogP contribution in [0.2, 0.25) is 0 Å². The van der Waals surface area contributed by atoms with Crippen molar-refractivity contribution in [3.8, 4) is 5.69 Å². The molecule has 1 N–H and O–H groups in total. The fourth-order valence-electron chi connectivity index (χ4n) is 4.97. The third kappa shape index (κ3) is 3.81. The Balaban J connectivity index is 1.52. The molecular formula is C22H29FN4O2. The molecule has 1 amide bonds. The lowest BCUT2D eigenvalue weighted by Gasteiger charge is -2.47. The van der Waals surface area contributed by atoms with Gasteiger partial charge in [0.1, 0.15) is 5.82 Å². The highest BCUT2D eigenvalue weighted by molar-refractivity contribution is 5.83. The van der Waals surface area contributed by atoms with Gasteiger partial charge in [0, 0.05) is 25.8 Å². The monoisotopic (exact) mass is 400 g/mol. The van der Waals surface area contributed by atoms with Crippen LogP contribution in [0.4, 0.5) is 4.39 Å². The van der Waals surface area contributed by atoms with Gasteiger partial charge in [-0.15, -0.1) is 0 Å². The van der Waals surface area contributed by atoms with E-state index in [0.29, 0.717) is 19.5 Å². The van der Waals surface area contributed by atoms with Gasteiger partial charge < -0.3 is 10.0 Å². The first-order valence-electron chi connectivity index (χ1n) is 10.3. The zero-order valence-corrected chi connectivity index (χ0v) is 17.4. The SMILES string of the molecule is Cc1cc(C)n(-c2ccc(F)cc2CN2CCC3(CC2)CC(O)CN(C)C3=O)n1. The number of aliphatic hydroxyl groups excluding tert-OH is 1. The number of β-amino-alcohol motifs (C(OH)–C–C–N with tert-alkyl or cyclic N) is 1. The van der Waals surface area contributed by atoms with Crippen LogP contribution in [0.5, 0.6) is 0 Å². The molecule has 1 unspecified atom stereocenters. The molecule has 2 aliphatic rings. The molecule has 29 heavy (non-hydrogen) atoms. The van der Waals surface area contributed by atoms with Crippen LogP contribution in [0.1, 0.15) is 36.2 Å². The Morgan fingerprint density at radius 3 is 2.62 bits per heavy atom. The predicted molar refractivity (Wildman–Crippen MR) is 108 cm³/mol. The number of halogens is 1. The summed E-state index contributed by atoms with van der Waals surface area (Å²) >= 11 is 0. The first kappa shape index (κ1) is 20.0. The van der Waals surface area contributed by atoms with Crippen LogP contribution >= 0.6 is 0 Å². The van der Waals surface area contributed by atoms with Gasteiger partial charge in [0.15, 0.2) is 0 Å². The molecule has 1 aromatic heterocycles. The summed E-state index contributed by atoms with van der Waals surface area (Å²) in [7, 11) is 1.77. The Kier molecular flexibility index (Phi) is 5.21. The van der Waals surface area contributed by atoms with Crippen molar-refractivity contribution in [3.05, 3.63) is 47.0 Å². The van der Waals surface area contributed by atoms with E-state index in [0.717, 1.165) is 48.6 Å². The summed E-state index contributed by atoms with van der Waals surface area (Å²) in [6, 6.07) is 6.84. The number of hydrogen-bond donors (Lipinski definition) is 1. The normalized spacial score (nSPS) is 22.4. The van der Waals surface area contributed by atoms with Crippen LogP contribution < -0.4 is 0 Å². The van der Waals surface area contributed by atoms with Crippen molar-refractivity contribution in [1.82, 2.24) is 19.6 Å². The highest BCUT2D eigenvalue weighted by atomic mass is 19.1. The number of nitrogens with zero attached hydrogens (tertiary/aromatic N) is 4. The van der Waals surface area contributed by atoms with E-state index in [1.807, 2.05) is 24.6 Å². The lowest BCUT2D eigenvalue weighted by atomic mass is 9.71. The quantitative estimate of drug-likeness (QED) is 0.860. The predicted octanol–water partition coefficient (Wildman–Crippen LogP) is 2.43. The second-order valence-corrected chi connectivity index (χ2v) is 8.71. The number of likely N-dealkylation sites (tertiary alicyclic amines) is 2. The largest absolute Gasteiger partial charge is 0.391 e. The molecule has 0 saturated carbocycles. The average molecular weight is 400 g/mol. The first-order chi connectivity index (χ1) is 13.8. The smallest absolute Gasteiger partial charge is 0.228 e. The van der Waals surface area contributed by atoms with Gasteiger partial charge in [0.25, 0.3) is 0 Å². The minimum Gasteiger partial charge on any atom is -0.391 e. The number of rotatable bonds is 3. The highest BCUT2D eigenvalue weighted by Gasteiger charge is 2.47. The number of benzene rings is 1. The van der Waals surface area contributed by atoms with Crippen LogP contribution in [0, 0.1) is 25.1 Å². The third-order valence-electron chi connectivity index (χ3n) is 6.40. The maximum Gasteiger partial charge on any atom is 0.228 e. The zero-order chi connectivity index (χ0) is 20.8. The van der Waals surface area contributed by atoms with Crippen LogP contribution in [0.25, 0.3) is 5.69 Å². The Morgan fingerprint density at radius 2 is 1.97 bits per heavy atom. The fourth-order valence-corrected chi connectivity index (χ4v) is 4.97. The molecule has 2 fully saturated rings. The van der Waals surface area contributed by atoms with Crippen molar-refractivity contribution in [1.29, 1.82) is 0 Å². The third-order valence-corrected chi connectivity index (χ3v) is 6.40. The fraction of sp³-hybridized carbons (Fsp3) is 0.545. The number of aliphatic hydroxyl groups is 1. The lowest BCUT2D eigenvalue weighted by molar-refractivity contribution is -0.154. The van der Waals surface area contributed by atoms with Crippen LogP contribution in [-0.2, 0) is 11.3 Å². The molecule has 0 radical (unpaired) electrons. The van der Waals surface area contributed by atoms with Crippen molar-refractivity contribution >= 4 is 5.91 Å². The number of aromatic nitrogens is 2. The molecule has 7 heteroatoms. The van der Waals surface area contributed by atoms with E-state index in [4.69, 9.17) is 0 Å². The number of amides is 1. The van der Waals surface area contributed by atoms with Gasteiger partial charge in [0.05, 0.1) is 22.9 Å². The van der Waals surface area contributed by atoms with Crippen molar-refractivity contribution in [3.63, 3.8) is 0 Å². The molecule has 1 spiro atoms. The second-order valence-electron chi connectivity index (χ2n) is 8.71. The maximum absolute atomic E-state index is 14.0. The molecular weight excluding hydrogens is 371 g/mol. The van der Waals surface area contributed by atoms with Crippen molar-refractivity contribution in [2.45, 2.75) is 45.8 Å². The van der Waals surface area contributed by atoms with Gasteiger partial charge >= 0.3 is 0 Å². The minimum atomic E-state index is -0.455. The van der Waals surface area contributed by atoms with E-state index in [9.17, 15) is 14.3 Å². The number of hydrogen-bond acceptors (Lipinski definition) is 4. The van der Waals surface area contributed by atoms with E-state index in [-0.39, 0.29) is 11.7 Å². The first-order valence-corrected chi connectivity index (χ1v) is 10.3. The van der Waals surface area contributed by atoms with Crippen molar-refractivity contribution in [2.24, 2.45) is 5.41 Å². The number of carbonyl (C=O) groups excluding carboxylic acids is 1. The van der Waals surface area contributed by atoms with Crippen LogP contribution in [-0.4, -0.2) is 63.4 Å². The molecule has 0 aliphatic carbocycles. The summed E-state index contributed by atoms with van der Waals surface area (Å²) in [5.74, 6) is -0.109. The average Bonchev–Trinajstić information content (AvgIpc) is 3.00. The van der Waals surface area contributed by atoms with E-state index in [1.54, 1.807) is 24.1 Å². The summed E-state index contributed by atoms with van der Waals surface area (Å²) in [6.07, 6.45) is 1.53. The summed E-state index contributed by atoms with van der Waals surface area (Å²) in [5, 5.41) is 14.7. The lowest BCUT2D eigenvalue weighted by Crippen LogP contribution is -2.56. The standard InChI is InChI=1S/C22H29FN4O2/c1-15-10-16(2)27(24-15)20-5-4-18(23)11-17(20)13-26-8-6-22(7-9-26)12-19(28)14-25(3)21(22)29/h4-5,10-11,19,28H,6-9,12-14H2,1-3H3. The van der Waals surface area contributed by atoms with Gasteiger partial charge in [0.2, 0.25) is 5.91 Å². The molecule has 6 nitrogen and oxygen atoms in total. The Bertz CT molecular complexity index is 918. The molecule has 1 aromatic carbocycles. The number of piperidine rings is 2. The number of aryl methyl sites for hydroxylation is 2. The van der Waals surface area contributed by atoms with Crippen molar-refractivity contribution < 1.29 is 14.3 Å². The second kappa shape index (κ2) is 7.54. The number of likely N-dealkylation sites (N-methyl/N-ethyl adjacent to an activating group) is 1. The van der Waals surface area contributed by atoms with Crippen molar-refractivity contribution in [2.75, 3.05) is 26.7 Å². The Morgan fingerprint density at radius 1 is 1.24 bits per heavy atom.